The zero-order valence-electron chi connectivity index (χ0n) is 25.3. The van der Waals surface area contributed by atoms with Gasteiger partial charge in [0.05, 0.1) is 10.6 Å². The zero-order valence-corrected chi connectivity index (χ0v) is 26.1. The summed E-state index contributed by atoms with van der Waals surface area (Å²) in [7, 11) is -4.10. The maximum atomic E-state index is 14.2. The van der Waals surface area contributed by atoms with Crippen molar-refractivity contribution in [3.05, 3.63) is 94.5 Å². The lowest BCUT2D eigenvalue weighted by Gasteiger charge is -2.33. The van der Waals surface area contributed by atoms with Gasteiger partial charge in [0.25, 0.3) is 10.0 Å². The fourth-order valence-electron chi connectivity index (χ4n) is 4.69. The Kier molecular flexibility index (Phi) is 10.7. The Morgan fingerprint density at radius 1 is 0.805 bits per heavy atom. The van der Waals surface area contributed by atoms with Crippen LogP contribution in [0, 0.1) is 33.6 Å². The quantitative estimate of drug-likeness (QED) is 0.299. The lowest BCUT2D eigenvalue weighted by Crippen LogP contribution is -2.52. The van der Waals surface area contributed by atoms with Crippen LogP contribution in [0.15, 0.2) is 71.6 Å². The predicted molar refractivity (Wildman–Crippen MR) is 165 cm³/mol. The Balaban J connectivity index is 2.07. The van der Waals surface area contributed by atoms with Gasteiger partial charge in [-0.1, -0.05) is 74.4 Å². The van der Waals surface area contributed by atoms with Crippen molar-refractivity contribution in [2.75, 3.05) is 17.4 Å². The lowest BCUT2D eigenvalue weighted by molar-refractivity contribution is -0.140. The van der Waals surface area contributed by atoms with Gasteiger partial charge in [0.15, 0.2) is 0 Å². The number of carbonyl (C=O) groups is 2. The first-order chi connectivity index (χ1) is 19.3. The average Bonchev–Trinajstić information content (AvgIpc) is 2.91. The Morgan fingerprint density at radius 2 is 1.34 bits per heavy atom. The molecule has 220 valence electrons. The van der Waals surface area contributed by atoms with Crippen LogP contribution >= 0.6 is 0 Å². The smallest absolute Gasteiger partial charge is 0.264 e. The Hall–Kier alpha value is -3.65. The molecule has 0 heterocycles. The van der Waals surface area contributed by atoms with Crippen LogP contribution in [0.4, 0.5) is 5.69 Å². The molecule has 8 heteroatoms. The summed E-state index contributed by atoms with van der Waals surface area (Å²) in [6.45, 7) is 13.8. The molecule has 3 rings (SSSR count). The Bertz CT molecular complexity index is 1430. The third-order valence-corrected chi connectivity index (χ3v) is 8.71. The van der Waals surface area contributed by atoms with E-state index in [9.17, 15) is 18.0 Å². The minimum absolute atomic E-state index is 0.0989. The van der Waals surface area contributed by atoms with Gasteiger partial charge < -0.3 is 10.2 Å². The van der Waals surface area contributed by atoms with Gasteiger partial charge in [0.2, 0.25) is 11.8 Å². The van der Waals surface area contributed by atoms with Gasteiger partial charge >= 0.3 is 0 Å². The number of carbonyl (C=O) groups excluding carboxylic acids is 2. The van der Waals surface area contributed by atoms with Gasteiger partial charge in [-0.2, -0.15) is 0 Å². The van der Waals surface area contributed by atoms with Gasteiger partial charge in [-0.25, -0.2) is 8.42 Å². The SMILES string of the molecule is CC[C@@H](C(=O)NCC(C)C)N(Cc1ccc(C)cc1)C(=O)CN(c1cc(C)cc(C)c1)S(=O)(=O)c1ccc(C)cc1. The molecular weight excluding hydrogens is 534 g/mol. The number of nitrogens with zero attached hydrogens (tertiary/aromatic N) is 2. The van der Waals surface area contributed by atoms with Crippen molar-refractivity contribution < 1.29 is 18.0 Å². The van der Waals surface area contributed by atoms with Crippen molar-refractivity contribution in [2.24, 2.45) is 5.92 Å². The summed E-state index contributed by atoms with van der Waals surface area (Å²) in [4.78, 5) is 29.1. The molecule has 7 nitrogen and oxygen atoms in total. The van der Waals surface area contributed by atoms with Crippen molar-refractivity contribution in [1.29, 1.82) is 0 Å². The highest BCUT2D eigenvalue weighted by Crippen LogP contribution is 2.27. The molecule has 0 bridgehead atoms. The normalized spacial score (nSPS) is 12.2. The van der Waals surface area contributed by atoms with E-state index in [4.69, 9.17) is 0 Å². The summed E-state index contributed by atoms with van der Waals surface area (Å²) < 4.78 is 29.3. The van der Waals surface area contributed by atoms with Crippen molar-refractivity contribution in [3.8, 4) is 0 Å². The van der Waals surface area contributed by atoms with E-state index in [1.807, 2.05) is 78.8 Å². The van der Waals surface area contributed by atoms with Crippen molar-refractivity contribution in [3.63, 3.8) is 0 Å². The van der Waals surface area contributed by atoms with Gasteiger partial charge in [0, 0.05) is 13.1 Å². The number of sulfonamides is 1. The van der Waals surface area contributed by atoms with Crippen molar-refractivity contribution in [1.82, 2.24) is 10.2 Å². The first-order valence-corrected chi connectivity index (χ1v) is 15.6. The zero-order chi connectivity index (χ0) is 30.3. The van der Waals surface area contributed by atoms with Crippen LogP contribution in [-0.4, -0.2) is 44.3 Å². The van der Waals surface area contributed by atoms with Crippen molar-refractivity contribution >= 4 is 27.5 Å². The third kappa shape index (κ3) is 8.43. The molecular formula is C33H43N3O4S. The van der Waals surface area contributed by atoms with Crippen LogP contribution in [0.2, 0.25) is 0 Å². The highest BCUT2D eigenvalue weighted by molar-refractivity contribution is 7.92. The summed E-state index contributed by atoms with van der Waals surface area (Å²) in [5, 5.41) is 2.96. The highest BCUT2D eigenvalue weighted by atomic mass is 32.2. The standard InChI is InChI=1S/C33H43N3O4S/c1-8-31(33(38)34-20-23(2)3)35(21-28-13-9-24(4)10-14-28)32(37)22-36(29-18-26(6)17-27(7)19-29)41(39,40)30-15-11-25(5)12-16-30/h9-19,23,31H,8,20-22H2,1-7H3,(H,34,38)/t31-/m0/s1. The molecule has 3 aromatic carbocycles. The molecule has 0 saturated heterocycles. The van der Waals surface area contributed by atoms with E-state index >= 15 is 0 Å². The van der Waals surface area contributed by atoms with Crippen LogP contribution < -0.4 is 9.62 Å². The van der Waals surface area contributed by atoms with Gasteiger partial charge in [-0.3, -0.25) is 13.9 Å². The fraction of sp³-hybridized carbons (Fsp3) is 0.394. The van der Waals surface area contributed by atoms with E-state index in [-0.39, 0.29) is 23.3 Å². The topological polar surface area (TPSA) is 86.8 Å². The van der Waals surface area contributed by atoms with E-state index < -0.39 is 28.5 Å². The number of anilines is 1. The lowest BCUT2D eigenvalue weighted by atomic mass is 10.1. The number of benzene rings is 3. The summed E-state index contributed by atoms with van der Waals surface area (Å²) in [6, 6.07) is 19.1. The molecule has 41 heavy (non-hydrogen) atoms. The maximum Gasteiger partial charge on any atom is 0.264 e. The maximum absolute atomic E-state index is 14.2. The predicted octanol–water partition coefficient (Wildman–Crippen LogP) is 5.70. The Labute approximate surface area is 245 Å². The molecule has 0 aromatic heterocycles. The summed E-state index contributed by atoms with van der Waals surface area (Å²) >= 11 is 0. The minimum Gasteiger partial charge on any atom is -0.354 e. The number of rotatable bonds is 12. The Morgan fingerprint density at radius 3 is 1.85 bits per heavy atom. The highest BCUT2D eigenvalue weighted by Gasteiger charge is 2.33. The van der Waals surface area contributed by atoms with Gasteiger partial charge in [-0.05, 0) is 81.0 Å². The number of amides is 2. The second kappa shape index (κ2) is 13.8. The molecule has 0 radical (unpaired) electrons. The molecule has 0 aliphatic carbocycles. The number of hydrogen-bond donors (Lipinski definition) is 1. The van der Waals surface area contributed by atoms with Crippen LogP contribution in [0.1, 0.15) is 55.0 Å². The second-order valence-corrected chi connectivity index (χ2v) is 13.1. The van der Waals surface area contributed by atoms with Crippen LogP contribution in [-0.2, 0) is 26.2 Å². The number of aryl methyl sites for hydroxylation is 4. The largest absolute Gasteiger partial charge is 0.354 e. The molecule has 1 atom stereocenters. The van der Waals surface area contributed by atoms with Crippen LogP contribution in [0.5, 0.6) is 0 Å². The first kappa shape index (κ1) is 31.9. The monoisotopic (exact) mass is 577 g/mol. The summed E-state index contributed by atoms with van der Waals surface area (Å²) in [6.07, 6.45) is 0.385. The molecule has 0 spiro atoms. The van der Waals surface area contributed by atoms with Gasteiger partial charge in [-0.15, -0.1) is 0 Å². The second-order valence-electron chi connectivity index (χ2n) is 11.2. The first-order valence-electron chi connectivity index (χ1n) is 14.1. The van der Waals surface area contributed by atoms with E-state index in [1.54, 1.807) is 36.4 Å². The van der Waals surface area contributed by atoms with E-state index in [1.165, 1.54) is 9.21 Å². The molecule has 3 aromatic rings. The number of nitrogens with one attached hydrogen (secondary N) is 1. The summed E-state index contributed by atoms with van der Waals surface area (Å²) in [5.74, 6) is -0.453. The number of hydrogen-bond acceptors (Lipinski definition) is 4. The van der Waals surface area contributed by atoms with Crippen molar-refractivity contribution in [2.45, 2.75) is 72.4 Å². The third-order valence-electron chi connectivity index (χ3n) is 6.93. The molecule has 1 N–H and O–H groups in total. The molecule has 0 unspecified atom stereocenters. The van der Waals surface area contributed by atoms with E-state index in [0.717, 1.165) is 27.8 Å². The van der Waals surface area contributed by atoms with Crippen LogP contribution in [0.25, 0.3) is 0 Å². The molecule has 0 aliphatic rings. The van der Waals surface area contributed by atoms with Gasteiger partial charge in [0.1, 0.15) is 12.6 Å². The summed E-state index contributed by atoms with van der Waals surface area (Å²) in [5.41, 5.74) is 5.04. The molecule has 2 amide bonds. The van der Waals surface area contributed by atoms with Crippen LogP contribution in [0.3, 0.4) is 0 Å². The fourth-order valence-corrected chi connectivity index (χ4v) is 6.09. The molecule has 0 saturated carbocycles. The van der Waals surface area contributed by atoms with E-state index in [2.05, 4.69) is 5.32 Å². The minimum atomic E-state index is -4.10. The molecule has 0 aliphatic heterocycles. The van der Waals surface area contributed by atoms with E-state index in [0.29, 0.717) is 18.7 Å². The molecule has 0 fully saturated rings. The average molecular weight is 578 g/mol.